The molecule has 162 valence electrons. The van der Waals surface area contributed by atoms with Crippen LogP contribution in [0.2, 0.25) is 0 Å². The number of benzene rings is 2. The average molecular weight is 427 g/mol. The van der Waals surface area contributed by atoms with Gasteiger partial charge < -0.3 is 10.2 Å². The van der Waals surface area contributed by atoms with E-state index in [1.54, 1.807) is 4.90 Å². The molecule has 8 nitrogen and oxygen atoms in total. The van der Waals surface area contributed by atoms with E-state index in [0.717, 1.165) is 18.6 Å². The van der Waals surface area contributed by atoms with Gasteiger partial charge in [0, 0.05) is 38.8 Å². The maximum Gasteiger partial charge on any atom is 0.317 e. The Kier molecular flexibility index (Phi) is 6.46. The van der Waals surface area contributed by atoms with Crippen LogP contribution < -0.4 is 5.32 Å². The van der Waals surface area contributed by atoms with E-state index in [0.29, 0.717) is 50.8 Å². The topological polar surface area (TPSA) is 79.2 Å². The molecule has 10 heteroatoms. The Morgan fingerprint density at radius 3 is 2.52 bits per heavy atom. The van der Waals surface area contributed by atoms with Gasteiger partial charge in [-0.3, -0.25) is 4.90 Å². The zero-order chi connectivity index (χ0) is 21.6. The van der Waals surface area contributed by atoms with Crippen LogP contribution in [0.15, 0.2) is 48.5 Å². The highest BCUT2D eigenvalue weighted by atomic mass is 19.2. The Bertz CT molecular complexity index is 1020. The minimum atomic E-state index is -0.953. The van der Waals surface area contributed by atoms with Crippen molar-refractivity contribution in [2.45, 2.75) is 13.0 Å². The van der Waals surface area contributed by atoms with Gasteiger partial charge in [0.05, 0.1) is 12.2 Å². The van der Waals surface area contributed by atoms with Crippen molar-refractivity contribution in [3.8, 4) is 5.69 Å². The molecule has 2 heterocycles. The van der Waals surface area contributed by atoms with Crippen LogP contribution in [-0.4, -0.2) is 68.8 Å². The number of hydrogen-bond acceptors (Lipinski definition) is 5. The van der Waals surface area contributed by atoms with Crippen LogP contribution in [0.25, 0.3) is 5.69 Å². The van der Waals surface area contributed by atoms with Gasteiger partial charge in [0.1, 0.15) is 0 Å². The van der Waals surface area contributed by atoms with Crippen molar-refractivity contribution < 1.29 is 13.6 Å². The lowest BCUT2D eigenvalue weighted by molar-refractivity contribution is 0.133. The molecule has 4 rings (SSSR count). The fourth-order valence-electron chi connectivity index (χ4n) is 3.50. The number of nitrogens with one attached hydrogen (secondary N) is 1. The molecule has 1 N–H and O–H groups in total. The molecular weight excluding hydrogens is 404 g/mol. The standard InChI is InChI=1S/C21H23F2N7O/c22-18-7-6-17(14-19(18)23)30-20(25-26-27-30)15-28-10-12-29(13-11-28)21(31)24-9-8-16-4-2-1-3-5-16/h1-7,14H,8-13,15H2,(H,24,31). The summed E-state index contributed by atoms with van der Waals surface area (Å²) in [7, 11) is 0. The first-order valence-corrected chi connectivity index (χ1v) is 10.1. The second-order valence-corrected chi connectivity index (χ2v) is 7.34. The van der Waals surface area contributed by atoms with Crippen LogP contribution >= 0.6 is 0 Å². The molecular formula is C21H23F2N7O. The van der Waals surface area contributed by atoms with Crippen LogP contribution in [-0.2, 0) is 13.0 Å². The van der Waals surface area contributed by atoms with Crippen molar-refractivity contribution in [3.63, 3.8) is 0 Å². The van der Waals surface area contributed by atoms with Crippen molar-refractivity contribution in [2.75, 3.05) is 32.7 Å². The molecule has 1 aromatic heterocycles. The van der Waals surface area contributed by atoms with Crippen LogP contribution in [0.4, 0.5) is 13.6 Å². The number of urea groups is 1. The quantitative estimate of drug-likeness (QED) is 0.651. The molecule has 2 aromatic carbocycles. The van der Waals surface area contributed by atoms with Gasteiger partial charge in [-0.05, 0) is 34.5 Å². The molecule has 0 radical (unpaired) electrons. The molecule has 0 atom stereocenters. The van der Waals surface area contributed by atoms with Crippen molar-refractivity contribution in [1.82, 2.24) is 35.3 Å². The van der Waals surface area contributed by atoms with E-state index < -0.39 is 11.6 Å². The number of hydrogen-bond donors (Lipinski definition) is 1. The lowest BCUT2D eigenvalue weighted by Crippen LogP contribution is -2.51. The Hall–Kier alpha value is -3.40. The number of carbonyl (C=O) groups excluding carboxylic acids is 1. The summed E-state index contributed by atoms with van der Waals surface area (Å²) in [6.45, 7) is 3.53. The molecule has 0 unspecified atom stereocenters. The summed E-state index contributed by atoms with van der Waals surface area (Å²) in [6, 6.07) is 13.5. The van der Waals surface area contributed by atoms with Crippen molar-refractivity contribution in [1.29, 1.82) is 0 Å². The fraction of sp³-hybridized carbons (Fsp3) is 0.333. The molecule has 2 amide bonds. The molecule has 0 aliphatic carbocycles. The van der Waals surface area contributed by atoms with Gasteiger partial charge in [0.15, 0.2) is 17.5 Å². The van der Waals surface area contributed by atoms with Crippen molar-refractivity contribution in [2.24, 2.45) is 0 Å². The van der Waals surface area contributed by atoms with Crippen LogP contribution in [0, 0.1) is 11.6 Å². The van der Waals surface area contributed by atoms with Gasteiger partial charge in [-0.15, -0.1) is 5.10 Å². The zero-order valence-corrected chi connectivity index (χ0v) is 16.9. The highest BCUT2D eigenvalue weighted by Crippen LogP contribution is 2.15. The van der Waals surface area contributed by atoms with E-state index in [-0.39, 0.29) is 6.03 Å². The molecule has 1 saturated heterocycles. The number of carbonyl (C=O) groups is 1. The van der Waals surface area contributed by atoms with Gasteiger partial charge in [0.25, 0.3) is 0 Å². The van der Waals surface area contributed by atoms with Gasteiger partial charge >= 0.3 is 6.03 Å². The van der Waals surface area contributed by atoms with Crippen LogP contribution in [0.5, 0.6) is 0 Å². The smallest absolute Gasteiger partial charge is 0.317 e. The first kappa shape index (κ1) is 20.9. The third-order valence-corrected chi connectivity index (χ3v) is 5.24. The zero-order valence-electron chi connectivity index (χ0n) is 16.9. The third kappa shape index (κ3) is 5.21. The summed E-state index contributed by atoms with van der Waals surface area (Å²) in [5, 5.41) is 14.5. The third-order valence-electron chi connectivity index (χ3n) is 5.24. The minimum absolute atomic E-state index is 0.0674. The number of rotatable bonds is 6. The second-order valence-electron chi connectivity index (χ2n) is 7.34. The lowest BCUT2D eigenvalue weighted by Gasteiger charge is -2.34. The molecule has 1 aliphatic heterocycles. The first-order chi connectivity index (χ1) is 15.1. The first-order valence-electron chi connectivity index (χ1n) is 10.1. The molecule has 1 aliphatic rings. The number of nitrogens with zero attached hydrogens (tertiary/aromatic N) is 6. The van der Waals surface area contributed by atoms with Crippen molar-refractivity contribution in [3.05, 3.63) is 71.6 Å². The Morgan fingerprint density at radius 1 is 1.00 bits per heavy atom. The van der Waals surface area contributed by atoms with E-state index >= 15 is 0 Å². The summed E-state index contributed by atoms with van der Waals surface area (Å²) >= 11 is 0. The average Bonchev–Trinajstić information content (AvgIpc) is 3.25. The maximum atomic E-state index is 13.6. The molecule has 0 saturated carbocycles. The van der Waals surface area contributed by atoms with E-state index in [1.165, 1.54) is 16.3 Å². The summed E-state index contributed by atoms with van der Waals surface area (Å²) in [5.41, 5.74) is 1.54. The summed E-state index contributed by atoms with van der Waals surface area (Å²) in [6.07, 6.45) is 0.791. The number of piperazine rings is 1. The molecule has 0 spiro atoms. The van der Waals surface area contributed by atoms with E-state index in [1.807, 2.05) is 30.3 Å². The molecule has 31 heavy (non-hydrogen) atoms. The molecule has 1 fully saturated rings. The van der Waals surface area contributed by atoms with Gasteiger partial charge in [0.2, 0.25) is 0 Å². The lowest BCUT2D eigenvalue weighted by atomic mass is 10.1. The van der Waals surface area contributed by atoms with Gasteiger partial charge in [-0.1, -0.05) is 30.3 Å². The summed E-state index contributed by atoms with van der Waals surface area (Å²) in [4.78, 5) is 16.3. The maximum absolute atomic E-state index is 13.6. The molecule has 3 aromatic rings. The highest BCUT2D eigenvalue weighted by Gasteiger charge is 2.23. The van der Waals surface area contributed by atoms with Gasteiger partial charge in [-0.2, -0.15) is 4.68 Å². The summed E-state index contributed by atoms with van der Waals surface area (Å²) < 4.78 is 28.1. The van der Waals surface area contributed by atoms with Gasteiger partial charge in [-0.25, -0.2) is 13.6 Å². The summed E-state index contributed by atoms with van der Waals surface area (Å²) in [5.74, 6) is -1.35. The normalized spacial score (nSPS) is 14.6. The van der Waals surface area contributed by atoms with Crippen molar-refractivity contribution >= 4 is 6.03 Å². The van der Waals surface area contributed by atoms with E-state index in [9.17, 15) is 13.6 Å². The van der Waals surface area contributed by atoms with E-state index in [2.05, 4.69) is 25.7 Å². The Morgan fingerprint density at radius 2 is 1.77 bits per heavy atom. The number of aromatic nitrogens is 4. The number of halogens is 2. The predicted octanol–water partition coefficient (Wildman–Crippen LogP) is 2.01. The Labute approximate surface area is 178 Å². The number of amides is 2. The van der Waals surface area contributed by atoms with Crippen LogP contribution in [0.1, 0.15) is 11.4 Å². The van der Waals surface area contributed by atoms with Crippen LogP contribution in [0.3, 0.4) is 0 Å². The predicted molar refractivity (Wildman–Crippen MR) is 109 cm³/mol. The monoisotopic (exact) mass is 427 g/mol. The SMILES string of the molecule is O=C(NCCc1ccccc1)N1CCN(Cc2nnnn2-c2ccc(F)c(F)c2)CC1. The molecule has 0 bridgehead atoms. The highest BCUT2D eigenvalue weighted by molar-refractivity contribution is 5.74. The fourth-order valence-corrected chi connectivity index (χ4v) is 3.50. The van der Waals surface area contributed by atoms with E-state index in [4.69, 9.17) is 0 Å². The minimum Gasteiger partial charge on any atom is -0.338 e. The largest absolute Gasteiger partial charge is 0.338 e. The number of tetrazole rings is 1. The Balaban J connectivity index is 1.26. The second kappa shape index (κ2) is 9.61.